The van der Waals surface area contributed by atoms with Gasteiger partial charge in [0.15, 0.2) is 62.9 Å². The van der Waals surface area contributed by atoms with Gasteiger partial charge in [0.2, 0.25) is 23.6 Å². The number of ether oxygens (including phenoxy) is 19. The van der Waals surface area contributed by atoms with Crippen molar-refractivity contribution in [1.29, 1.82) is 0 Å². The second-order valence-electron chi connectivity index (χ2n) is 30.5. The summed E-state index contributed by atoms with van der Waals surface area (Å²) in [7, 11) is 0. The second kappa shape index (κ2) is 43.4. The van der Waals surface area contributed by atoms with Crippen molar-refractivity contribution in [2.24, 2.45) is 0 Å². The molecule has 121 heavy (non-hydrogen) atoms. The first-order chi connectivity index (χ1) is 57.3. The number of carbonyl (C=O) groups is 4. The van der Waals surface area contributed by atoms with Crippen molar-refractivity contribution in [1.82, 2.24) is 21.3 Å². The van der Waals surface area contributed by atoms with Gasteiger partial charge in [-0.1, -0.05) is 0 Å². The fourth-order valence-electron chi connectivity index (χ4n) is 15.6. The molecule has 0 aromatic heterocycles. The molecule has 10 saturated heterocycles. The van der Waals surface area contributed by atoms with Gasteiger partial charge < -0.3 is 249 Å². The number of aliphatic hydroxyl groups is 27. The first kappa shape index (κ1) is 99.2. The van der Waals surface area contributed by atoms with Gasteiger partial charge in [0.05, 0.1) is 66.1 Å². The molecule has 10 aliphatic heterocycles. The Morgan fingerprint density at radius 2 is 0.521 bits per heavy atom. The number of carbonyl (C=O) groups excluding carboxylic acids is 4. The molecule has 4 amide bonds. The van der Waals surface area contributed by atoms with E-state index >= 15 is 0 Å². The van der Waals surface area contributed by atoms with Gasteiger partial charge >= 0.3 is 0 Å². The van der Waals surface area contributed by atoms with Gasteiger partial charge in [-0.05, 0) is 0 Å². The molecule has 10 heterocycles. The zero-order chi connectivity index (χ0) is 88.9. The lowest BCUT2D eigenvalue weighted by Crippen LogP contribution is -2.71. The molecule has 0 aromatic rings. The van der Waals surface area contributed by atoms with Crippen molar-refractivity contribution < 1.29 is 247 Å². The van der Waals surface area contributed by atoms with Crippen molar-refractivity contribution in [3.8, 4) is 0 Å². The maximum Gasteiger partial charge on any atom is 0.217 e. The highest BCUT2D eigenvalue weighted by atomic mass is 16.8. The monoisotopic (exact) mass is 1770 g/mol. The average molecular weight is 1770 g/mol. The summed E-state index contributed by atoms with van der Waals surface area (Å²) in [4.78, 5) is 51.6. The molecule has 0 aliphatic carbocycles. The third-order valence-corrected chi connectivity index (χ3v) is 22.1. The predicted octanol–water partition coefficient (Wildman–Crippen LogP) is -21.6. The number of aliphatic hydroxyl groups excluding tert-OH is 27. The summed E-state index contributed by atoms with van der Waals surface area (Å²) in [5.41, 5.74) is 0. The summed E-state index contributed by atoms with van der Waals surface area (Å²) in [5, 5.41) is 311. The quantitative estimate of drug-likeness (QED) is 0.0306. The molecule has 1 unspecified atom stereocenters. The summed E-state index contributed by atoms with van der Waals surface area (Å²) >= 11 is 0. The zero-order valence-corrected chi connectivity index (χ0v) is 64.8. The Morgan fingerprint density at radius 3 is 0.909 bits per heavy atom. The van der Waals surface area contributed by atoms with E-state index in [1.165, 1.54) is 0 Å². The summed E-state index contributed by atoms with van der Waals surface area (Å²) in [6.45, 7) is -7.44. The number of rotatable bonds is 31. The van der Waals surface area contributed by atoms with Gasteiger partial charge in [0.1, 0.15) is 238 Å². The van der Waals surface area contributed by atoms with Gasteiger partial charge in [-0.15, -0.1) is 0 Å². The molecule has 0 bridgehead atoms. The smallest absolute Gasteiger partial charge is 0.217 e. The van der Waals surface area contributed by atoms with Crippen LogP contribution in [0.5, 0.6) is 0 Å². The maximum absolute atomic E-state index is 13.2. The largest absolute Gasteiger partial charge is 0.394 e. The highest BCUT2D eigenvalue weighted by Gasteiger charge is 2.62. The minimum absolute atomic E-state index is 0.817. The molecular formula is C67H112N4O50. The maximum atomic E-state index is 13.2. The standard InChI is InChI=1S/C67H112N4O50/c1-15(80)68-29-39(91)50(24(9-76)105-58(29)102)114-59-30(69-16(2)81)42(94)53(27(12-79)110-59)117-67-57(121-62-47(99)33(85)19(84)13-103-62)54(118-66-56(46(98)37(89)23(8-75)109-66)120-61-32(71-18(4)83)41(93)52(26(11-78)112-61)116-64-49(101)44(96)35(87)21(6-73)107-64)38(90)28(113-67)14-104-65-55(45(97)36(88)22(7-74)108-65)119-60-31(70-17(3)82)40(92)51(25(10-77)111-60)115-63-48(100)43(95)34(86)20(5-72)106-63/h19-67,72-79,84-102H,5-14H2,1-4H3,(H,68,80)(H,69,81)(H,70,82)(H,71,83)/t19-,20-,21-,22-,23-,24-,25-,26-,27-,28-,29-,30-,31-,32-,33+,34+,35+,36-,37-,38-,39-,40-,41-,42-,43+,44+,45+,46+,47-,48-,49-,50-,51-,52-,53-,54+,55+,56+,57+,58?,59+,60+,61+,62+,63+,64+,65+,66-,67+/m1/s1. The normalized spacial score (nSPS) is 49.4. The van der Waals surface area contributed by atoms with Crippen LogP contribution in [0, 0.1) is 0 Å². The molecule has 54 heteroatoms. The molecule has 0 spiro atoms. The van der Waals surface area contributed by atoms with Gasteiger partial charge in [0.25, 0.3) is 0 Å². The Kier molecular flexibility index (Phi) is 35.6. The van der Waals surface area contributed by atoms with Crippen LogP contribution in [0.1, 0.15) is 27.7 Å². The van der Waals surface area contributed by atoms with Crippen molar-refractivity contribution in [3.63, 3.8) is 0 Å². The fourth-order valence-corrected chi connectivity index (χ4v) is 15.6. The topological polar surface area (TPSA) is 838 Å². The van der Waals surface area contributed by atoms with E-state index in [-0.39, 0.29) is 0 Å². The first-order valence-electron chi connectivity index (χ1n) is 38.6. The van der Waals surface area contributed by atoms with Crippen molar-refractivity contribution >= 4 is 23.6 Å². The van der Waals surface area contributed by atoms with E-state index in [1.807, 2.05) is 0 Å². The van der Waals surface area contributed by atoms with Crippen LogP contribution in [-0.2, 0) is 109 Å². The number of hydrogen-bond acceptors (Lipinski definition) is 50. The lowest BCUT2D eigenvalue weighted by atomic mass is 9.93. The zero-order valence-electron chi connectivity index (χ0n) is 64.8. The fraction of sp³-hybridized carbons (Fsp3) is 0.940. The first-order valence-corrected chi connectivity index (χ1v) is 38.6. The van der Waals surface area contributed by atoms with Gasteiger partial charge in [-0.2, -0.15) is 0 Å². The van der Waals surface area contributed by atoms with Crippen LogP contribution in [0.3, 0.4) is 0 Å². The van der Waals surface area contributed by atoms with E-state index in [0.717, 1.165) is 27.7 Å². The minimum Gasteiger partial charge on any atom is -0.394 e. The molecule has 49 atom stereocenters. The summed E-state index contributed by atoms with van der Waals surface area (Å²) < 4.78 is 114. The molecule has 10 rings (SSSR count). The van der Waals surface area contributed by atoms with Crippen molar-refractivity contribution in [2.45, 2.75) is 328 Å². The third-order valence-electron chi connectivity index (χ3n) is 22.1. The van der Waals surface area contributed by atoms with E-state index in [4.69, 9.17) is 90.0 Å². The van der Waals surface area contributed by atoms with Crippen LogP contribution in [-0.4, -0.2) is 528 Å². The number of amides is 4. The van der Waals surface area contributed by atoms with Crippen LogP contribution in [0.2, 0.25) is 0 Å². The van der Waals surface area contributed by atoms with Gasteiger partial charge in [-0.3, -0.25) is 19.2 Å². The Bertz CT molecular complexity index is 3250. The van der Waals surface area contributed by atoms with Crippen LogP contribution in [0.25, 0.3) is 0 Å². The Labute approximate surface area is 684 Å². The highest BCUT2D eigenvalue weighted by Crippen LogP contribution is 2.42. The van der Waals surface area contributed by atoms with E-state index in [2.05, 4.69) is 21.3 Å². The van der Waals surface area contributed by atoms with Crippen molar-refractivity contribution in [3.05, 3.63) is 0 Å². The lowest BCUT2D eigenvalue weighted by Gasteiger charge is -2.52. The predicted molar refractivity (Wildman–Crippen MR) is 370 cm³/mol. The number of hydrogen-bond donors (Lipinski definition) is 31. The second-order valence-corrected chi connectivity index (χ2v) is 30.5. The SMILES string of the molecule is CC(=O)N[C@H]1[C@H](O[C@@H]2[C@@H](OC[C@H]3O[C@@H](O[C@H]4[C@H](O)[C@@H](NC(C)=O)[C@H](O[C@H]5[C@H](O)[C@@H](NC(C)=O)C(O)O[C@@H]5CO)O[C@@H]4CO)[C@@H](O[C@@H]4OC[C@@H](O)[C@H](O)[C@H]4O)[C@@H](O[C@H]4O[C@H](CO)[C@@H](O)[C@H](O)[C@@H]4O[C@@H]4O[C@H](CO)[C@@H](O[C@@H]5O[C@H](CO)[C@H](O)[C@H](O)[C@H]5O)[C@H](O)[C@H]4NC(C)=O)[C@@H]3O)O[C@H](CO)[C@@H](O)[C@@H]2O)O[C@H](CO)[C@@H](O[C@@H]2O[C@H](CO)[C@H](O)[C@H](O)[C@H]2O)[C@@H]1O. The highest BCUT2D eigenvalue weighted by molar-refractivity contribution is 5.74. The lowest BCUT2D eigenvalue weighted by molar-refractivity contribution is -0.412. The van der Waals surface area contributed by atoms with Gasteiger partial charge in [-0.25, -0.2) is 0 Å². The Morgan fingerprint density at radius 1 is 0.248 bits per heavy atom. The third kappa shape index (κ3) is 22.0. The summed E-state index contributed by atoms with van der Waals surface area (Å²) in [5.74, 6) is -3.77. The molecule has 31 N–H and O–H groups in total. The number of nitrogens with one attached hydrogen (secondary N) is 4. The molecule has 700 valence electrons. The van der Waals surface area contributed by atoms with Crippen LogP contribution in [0.15, 0.2) is 0 Å². The molecule has 0 saturated carbocycles. The summed E-state index contributed by atoms with van der Waals surface area (Å²) in [6, 6.07) is -7.69. The molecule has 0 radical (unpaired) electrons. The van der Waals surface area contributed by atoms with E-state index in [0.29, 0.717) is 0 Å². The average Bonchev–Trinajstić information content (AvgIpc) is 0.752. The Hall–Kier alpha value is -3.96. The van der Waals surface area contributed by atoms with E-state index in [9.17, 15) is 157 Å². The van der Waals surface area contributed by atoms with Crippen LogP contribution < -0.4 is 21.3 Å². The van der Waals surface area contributed by atoms with Crippen LogP contribution in [0.4, 0.5) is 0 Å². The van der Waals surface area contributed by atoms with E-state index < -0.39 is 390 Å². The molecule has 10 fully saturated rings. The van der Waals surface area contributed by atoms with Crippen LogP contribution >= 0.6 is 0 Å². The molecule has 0 aromatic carbocycles. The minimum atomic E-state index is -2.60. The molecular weight excluding hydrogens is 1660 g/mol. The van der Waals surface area contributed by atoms with E-state index in [1.54, 1.807) is 0 Å². The molecule has 54 nitrogen and oxygen atoms in total. The van der Waals surface area contributed by atoms with Gasteiger partial charge in [0, 0.05) is 27.7 Å². The Balaban J connectivity index is 1.05. The summed E-state index contributed by atoms with van der Waals surface area (Å²) in [6.07, 6.45) is -96.5. The van der Waals surface area contributed by atoms with Crippen molar-refractivity contribution in [2.75, 3.05) is 66.1 Å². The molecule has 10 aliphatic rings.